The molecule has 3 aromatic carbocycles. The van der Waals surface area contributed by atoms with E-state index in [0.29, 0.717) is 0 Å². The number of anilines is 1. The Balaban J connectivity index is 1.53. The fourth-order valence-corrected chi connectivity index (χ4v) is 3.31. The van der Waals surface area contributed by atoms with Crippen LogP contribution in [-0.2, 0) is 6.42 Å². The van der Waals surface area contributed by atoms with Gasteiger partial charge >= 0.3 is 0 Å². The van der Waals surface area contributed by atoms with E-state index in [9.17, 15) is 0 Å². The average Bonchev–Trinajstić information content (AvgIpc) is 2.53. The summed E-state index contributed by atoms with van der Waals surface area (Å²) in [6.45, 7) is 0. The van der Waals surface area contributed by atoms with Gasteiger partial charge in [0.2, 0.25) is 0 Å². The summed E-state index contributed by atoms with van der Waals surface area (Å²) >= 11 is 1.93. The lowest BCUT2D eigenvalue weighted by molar-refractivity contribution is 0.933. The van der Waals surface area contributed by atoms with Gasteiger partial charge in [-0.15, -0.1) is 11.8 Å². The lowest BCUT2D eigenvalue weighted by Gasteiger charge is -2.05. The molecule has 0 atom stereocenters. The van der Waals surface area contributed by atoms with Crippen LogP contribution < -0.4 is 5.73 Å². The molecule has 0 spiro atoms. The summed E-state index contributed by atoms with van der Waals surface area (Å²) in [7, 11) is 0. The fraction of sp³-hybridized carbons (Fsp3) is 0.158. The van der Waals surface area contributed by atoms with E-state index in [1.807, 2.05) is 23.9 Å². The molecular weight excluding hydrogens is 274 g/mol. The largest absolute Gasteiger partial charge is 0.399 e. The van der Waals surface area contributed by atoms with Gasteiger partial charge in [-0.1, -0.05) is 42.5 Å². The molecule has 0 radical (unpaired) electrons. The summed E-state index contributed by atoms with van der Waals surface area (Å²) in [4.78, 5) is 1.35. The van der Waals surface area contributed by atoms with E-state index < -0.39 is 0 Å². The van der Waals surface area contributed by atoms with Crippen molar-refractivity contribution in [1.29, 1.82) is 0 Å². The standard InChI is InChI=1S/C19H19NS/c20-18-10-7-15(8-11-18)4-3-13-21-19-12-9-16-5-1-2-6-17(16)14-19/h1-2,5-12,14H,3-4,13,20H2. The topological polar surface area (TPSA) is 26.0 Å². The van der Waals surface area contributed by atoms with Gasteiger partial charge in [0.15, 0.2) is 0 Å². The van der Waals surface area contributed by atoms with Crippen molar-refractivity contribution in [2.75, 3.05) is 11.5 Å². The van der Waals surface area contributed by atoms with E-state index in [1.165, 1.54) is 27.7 Å². The molecule has 2 heteroatoms. The van der Waals surface area contributed by atoms with Crippen molar-refractivity contribution in [3.8, 4) is 0 Å². The van der Waals surface area contributed by atoms with Gasteiger partial charge < -0.3 is 5.73 Å². The van der Waals surface area contributed by atoms with Crippen molar-refractivity contribution >= 4 is 28.2 Å². The van der Waals surface area contributed by atoms with Crippen LogP contribution in [-0.4, -0.2) is 5.75 Å². The zero-order valence-corrected chi connectivity index (χ0v) is 12.8. The van der Waals surface area contributed by atoms with E-state index in [4.69, 9.17) is 5.73 Å². The van der Waals surface area contributed by atoms with Crippen LogP contribution in [0.4, 0.5) is 5.69 Å². The van der Waals surface area contributed by atoms with Crippen molar-refractivity contribution in [1.82, 2.24) is 0 Å². The molecule has 106 valence electrons. The van der Waals surface area contributed by atoms with Crippen LogP contribution in [0.3, 0.4) is 0 Å². The van der Waals surface area contributed by atoms with Gasteiger partial charge in [0, 0.05) is 10.6 Å². The highest BCUT2D eigenvalue weighted by molar-refractivity contribution is 7.99. The highest BCUT2D eigenvalue weighted by Gasteiger charge is 1.98. The van der Waals surface area contributed by atoms with E-state index in [1.54, 1.807) is 0 Å². The zero-order valence-electron chi connectivity index (χ0n) is 12.0. The summed E-state index contributed by atoms with van der Waals surface area (Å²) < 4.78 is 0. The lowest BCUT2D eigenvalue weighted by atomic mass is 10.1. The first-order valence-electron chi connectivity index (χ1n) is 7.27. The maximum atomic E-state index is 5.70. The van der Waals surface area contributed by atoms with Gasteiger partial charge in [0.25, 0.3) is 0 Å². The van der Waals surface area contributed by atoms with Crippen LogP contribution in [0.2, 0.25) is 0 Å². The maximum Gasteiger partial charge on any atom is 0.0314 e. The van der Waals surface area contributed by atoms with Gasteiger partial charge in [-0.2, -0.15) is 0 Å². The van der Waals surface area contributed by atoms with Crippen LogP contribution in [0.1, 0.15) is 12.0 Å². The fourth-order valence-electron chi connectivity index (χ4n) is 2.41. The van der Waals surface area contributed by atoms with Gasteiger partial charge in [-0.3, -0.25) is 0 Å². The smallest absolute Gasteiger partial charge is 0.0314 e. The number of rotatable bonds is 5. The van der Waals surface area contributed by atoms with Crippen molar-refractivity contribution in [3.63, 3.8) is 0 Å². The minimum atomic E-state index is 0.837. The predicted octanol–water partition coefficient (Wildman–Crippen LogP) is 5.15. The van der Waals surface area contributed by atoms with E-state index in [0.717, 1.165) is 17.9 Å². The third-order valence-corrected chi connectivity index (χ3v) is 4.66. The normalized spacial score (nSPS) is 10.9. The first kappa shape index (κ1) is 14.0. The summed E-state index contributed by atoms with van der Waals surface area (Å²) in [6.07, 6.45) is 2.29. The second-order valence-corrected chi connectivity index (χ2v) is 6.37. The monoisotopic (exact) mass is 293 g/mol. The number of nitrogen functional groups attached to an aromatic ring is 1. The summed E-state index contributed by atoms with van der Waals surface area (Å²) in [5, 5.41) is 2.63. The molecule has 0 heterocycles. The molecule has 0 saturated carbocycles. The average molecular weight is 293 g/mol. The van der Waals surface area contributed by atoms with E-state index in [-0.39, 0.29) is 0 Å². The molecule has 0 aliphatic rings. The SMILES string of the molecule is Nc1ccc(CCCSc2ccc3ccccc3c2)cc1. The number of nitrogens with two attached hydrogens (primary N) is 1. The molecule has 3 rings (SSSR count). The third kappa shape index (κ3) is 3.79. The molecule has 0 aliphatic heterocycles. The third-order valence-electron chi connectivity index (χ3n) is 3.58. The minimum Gasteiger partial charge on any atom is -0.399 e. The second kappa shape index (κ2) is 6.68. The quantitative estimate of drug-likeness (QED) is 0.400. The molecule has 0 aromatic heterocycles. The first-order chi connectivity index (χ1) is 10.3. The van der Waals surface area contributed by atoms with Gasteiger partial charge in [-0.25, -0.2) is 0 Å². The summed E-state index contributed by atoms with van der Waals surface area (Å²) in [6, 6.07) is 23.4. The number of hydrogen-bond acceptors (Lipinski definition) is 2. The Morgan fingerprint density at radius 3 is 2.38 bits per heavy atom. The van der Waals surface area contributed by atoms with Gasteiger partial charge in [-0.05, 0) is 59.2 Å². The predicted molar refractivity (Wildman–Crippen MR) is 93.8 cm³/mol. The summed E-state index contributed by atoms with van der Waals surface area (Å²) in [5.41, 5.74) is 7.90. The zero-order chi connectivity index (χ0) is 14.5. The van der Waals surface area contributed by atoms with Crippen molar-refractivity contribution in [3.05, 3.63) is 72.3 Å². The Morgan fingerprint density at radius 2 is 1.57 bits per heavy atom. The molecule has 3 aromatic rings. The van der Waals surface area contributed by atoms with Crippen LogP contribution in [0.15, 0.2) is 71.6 Å². The Hall–Kier alpha value is -1.93. The molecule has 2 N–H and O–H groups in total. The molecule has 21 heavy (non-hydrogen) atoms. The number of fused-ring (bicyclic) bond motifs is 1. The van der Waals surface area contributed by atoms with Crippen LogP contribution in [0.5, 0.6) is 0 Å². The number of benzene rings is 3. The highest BCUT2D eigenvalue weighted by atomic mass is 32.2. The first-order valence-corrected chi connectivity index (χ1v) is 8.26. The van der Waals surface area contributed by atoms with Crippen LogP contribution >= 0.6 is 11.8 Å². The number of aryl methyl sites for hydroxylation is 1. The van der Waals surface area contributed by atoms with Crippen molar-refractivity contribution in [2.45, 2.75) is 17.7 Å². The van der Waals surface area contributed by atoms with Crippen molar-refractivity contribution in [2.24, 2.45) is 0 Å². The summed E-state index contributed by atoms with van der Waals surface area (Å²) in [5.74, 6) is 1.14. The lowest BCUT2D eigenvalue weighted by Crippen LogP contribution is -1.89. The number of thioether (sulfide) groups is 1. The Labute approximate surface area is 130 Å². The van der Waals surface area contributed by atoms with Gasteiger partial charge in [0.1, 0.15) is 0 Å². The molecule has 0 bridgehead atoms. The minimum absolute atomic E-state index is 0.837. The van der Waals surface area contributed by atoms with E-state index >= 15 is 0 Å². The second-order valence-electron chi connectivity index (χ2n) is 5.20. The molecule has 0 saturated heterocycles. The van der Waals surface area contributed by atoms with Crippen molar-refractivity contribution < 1.29 is 0 Å². The molecule has 0 amide bonds. The Kier molecular flexibility index (Phi) is 4.46. The molecule has 0 unspecified atom stereocenters. The molecule has 0 aliphatic carbocycles. The van der Waals surface area contributed by atoms with E-state index in [2.05, 4.69) is 54.6 Å². The Morgan fingerprint density at radius 1 is 0.810 bits per heavy atom. The maximum absolute atomic E-state index is 5.70. The molecular formula is C19H19NS. The molecule has 1 nitrogen and oxygen atoms in total. The molecule has 0 fully saturated rings. The van der Waals surface area contributed by atoms with Crippen LogP contribution in [0.25, 0.3) is 10.8 Å². The number of hydrogen-bond donors (Lipinski definition) is 1. The van der Waals surface area contributed by atoms with Crippen LogP contribution in [0, 0.1) is 0 Å². The Bertz CT molecular complexity index is 719. The highest BCUT2D eigenvalue weighted by Crippen LogP contribution is 2.24. The van der Waals surface area contributed by atoms with Gasteiger partial charge in [0.05, 0.1) is 0 Å².